The maximum Gasteiger partial charge on any atom is 0.261 e. The quantitative estimate of drug-likeness (QED) is 0.869. The van der Waals surface area contributed by atoms with Crippen molar-refractivity contribution in [3.8, 4) is 5.75 Å². The van der Waals surface area contributed by atoms with E-state index in [-0.39, 0.29) is 24.2 Å². The van der Waals surface area contributed by atoms with Crippen molar-refractivity contribution in [2.75, 3.05) is 31.1 Å². The number of ether oxygens (including phenoxy) is 1. The zero-order chi connectivity index (χ0) is 18.8. The van der Waals surface area contributed by atoms with Gasteiger partial charge in [-0.3, -0.25) is 4.79 Å². The van der Waals surface area contributed by atoms with Gasteiger partial charge in [0, 0.05) is 44.2 Å². The van der Waals surface area contributed by atoms with Gasteiger partial charge in [0.1, 0.15) is 11.6 Å². The molecule has 1 amide bonds. The topological polar surface area (TPSA) is 53.6 Å². The highest BCUT2D eigenvalue weighted by atomic mass is 19.1. The molecule has 0 unspecified atom stereocenters. The molecule has 6 heteroatoms. The van der Waals surface area contributed by atoms with E-state index in [0.717, 1.165) is 43.1 Å². The molecule has 0 aromatic heterocycles. The van der Waals surface area contributed by atoms with Crippen LogP contribution in [0, 0.1) is 5.82 Å². The predicted molar refractivity (Wildman–Crippen MR) is 103 cm³/mol. The van der Waals surface area contributed by atoms with Crippen molar-refractivity contribution >= 4 is 11.6 Å². The molecule has 0 bridgehead atoms. The first-order valence-corrected chi connectivity index (χ1v) is 9.41. The third-order valence-corrected chi connectivity index (χ3v) is 5.31. The number of hydrogen-bond donors (Lipinski definition) is 2. The number of rotatable bonds is 4. The Bertz CT molecular complexity index is 836. The van der Waals surface area contributed by atoms with Gasteiger partial charge in [-0.25, -0.2) is 4.39 Å². The molecule has 0 spiro atoms. The number of nitrogens with zero attached hydrogens (tertiary/aromatic N) is 1. The minimum atomic E-state index is -0.549. The number of piperazine rings is 1. The molecule has 2 heterocycles. The van der Waals surface area contributed by atoms with E-state index in [1.54, 1.807) is 6.07 Å². The number of nitrogens with one attached hydrogen (secondary N) is 2. The highest BCUT2D eigenvalue weighted by molar-refractivity contribution is 5.83. The Morgan fingerprint density at radius 3 is 2.78 bits per heavy atom. The monoisotopic (exact) mass is 369 g/mol. The highest BCUT2D eigenvalue weighted by Crippen LogP contribution is 2.37. The summed E-state index contributed by atoms with van der Waals surface area (Å²) in [6.07, 6.45) is -0.549. The van der Waals surface area contributed by atoms with Gasteiger partial charge >= 0.3 is 0 Å². The van der Waals surface area contributed by atoms with Crippen LogP contribution in [0.25, 0.3) is 0 Å². The van der Waals surface area contributed by atoms with Gasteiger partial charge in [0.2, 0.25) is 0 Å². The molecular weight excluding hydrogens is 345 g/mol. The van der Waals surface area contributed by atoms with Crippen LogP contribution in [0.4, 0.5) is 10.1 Å². The van der Waals surface area contributed by atoms with Gasteiger partial charge in [-0.2, -0.15) is 0 Å². The van der Waals surface area contributed by atoms with Crippen molar-refractivity contribution in [1.82, 2.24) is 10.6 Å². The van der Waals surface area contributed by atoms with Gasteiger partial charge in [-0.05, 0) is 23.8 Å². The fourth-order valence-corrected chi connectivity index (χ4v) is 3.76. The van der Waals surface area contributed by atoms with Gasteiger partial charge in [0.25, 0.3) is 5.91 Å². The number of halogens is 1. The maximum absolute atomic E-state index is 14.5. The van der Waals surface area contributed by atoms with Gasteiger partial charge < -0.3 is 20.3 Å². The van der Waals surface area contributed by atoms with E-state index in [9.17, 15) is 9.18 Å². The molecule has 0 aliphatic carbocycles. The average molecular weight is 369 g/mol. The molecule has 2 N–H and O–H groups in total. The van der Waals surface area contributed by atoms with Gasteiger partial charge in [0.15, 0.2) is 6.10 Å². The third-order valence-electron chi connectivity index (χ3n) is 5.31. The van der Waals surface area contributed by atoms with Crippen LogP contribution in [0.3, 0.4) is 0 Å². The van der Waals surface area contributed by atoms with Crippen molar-refractivity contribution in [3.63, 3.8) is 0 Å². The van der Waals surface area contributed by atoms with Crippen molar-refractivity contribution in [1.29, 1.82) is 0 Å². The van der Waals surface area contributed by atoms with Crippen LogP contribution >= 0.6 is 0 Å². The van der Waals surface area contributed by atoms with E-state index in [1.807, 2.05) is 42.2 Å². The molecule has 142 valence electrons. The SMILES string of the molecule is C[C@@H]1c2ccccc2O[C@H]1C(=O)NCc1ccc(N2CCNCC2)c(F)c1. The summed E-state index contributed by atoms with van der Waals surface area (Å²) in [6, 6.07) is 12.9. The number of benzene rings is 2. The molecule has 27 heavy (non-hydrogen) atoms. The molecule has 2 aliphatic rings. The molecule has 2 atom stereocenters. The summed E-state index contributed by atoms with van der Waals surface area (Å²) in [4.78, 5) is 14.6. The largest absolute Gasteiger partial charge is 0.480 e. The van der Waals surface area contributed by atoms with Crippen molar-refractivity contribution in [2.45, 2.75) is 25.5 Å². The van der Waals surface area contributed by atoms with E-state index >= 15 is 0 Å². The van der Waals surface area contributed by atoms with Crippen LogP contribution in [0.2, 0.25) is 0 Å². The van der Waals surface area contributed by atoms with E-state index in [4.69, 9.17) is 4.74 Å². The summed E-state index contributed by atoms with van der Waals surface area (Å²) in [5, 5.41) is 6.14. The normalized spacial score (nSPS) is 21.5. The molecule has 0 radical (unpaired) electrons. The van der Waals surface area contributed by atoms with Crippen LogP contribution in [0.5, 0.6) is 5.75 Å². The summed E-state index contributed by atoms with van der Waals surface area (Å²) >= 11 is 0. The molecule has 5 nitrogen and oxygen atoms in total. The van der Waals surface area contributed by atoms with Gasteiger partial charge in [-0.15, -0.1) is 0 Å². The highest BCUT2D eigenvalue weighted by Gasteiger charge is 2.35. The first-order valence-electron chi connectivity index (χ1n) is 9.41. The molecule has 4 rings (SSSR count). The average Bonchev–Trinajstić information content (AvgIpc) is 3.04. The Morgan fingerprint density at radius 1 is 1.26 bits per heavy atom. The first kappa shape index (κ1) is 17.8. The number of anilines is 1. The fraction of sp³-hybridized carbons (Fsp3) is 0.381. The van der Waals surface area contributed by atoms with Crippen LogP contribution in [-0.2, 0) is 11.3 Å². The molecule has 2 aromatic rings. The molecule has 2 aromatic carbocycles. The van der Waals surface area contributed by atoms with Crippen molar-refractivity contribution in [2.24, 2.45) is 0 Å². The summed E-state index contributed by atoms with van der Waals surface area (Å²) in [6.45, 7) is 5.58. The summed E-state index contributed by atoms with van der Waals surface area (Å²) in [5.74, 6) is 0.330. The standard InChI is InChI=1S/C21H24FN3O2/c1-14-16-4-2-3-5-19(16)27-20(14)21(26)24-13-15-6-7-18(17(22)12-15)25-10-8-23-9-11-25/h2-7,12,14,20,23H,8-11,13H2,1H3,(H,24,26)/t14-,20-/m1/s1. The fourth-order valence-electron chi connectivity index (χ4n) is 3.76. The molecular formula is C21H24FN3O2. The Hall–Kier alpha value is -2.60. The Kier molecular flexibility index (Phi) is 4.99. The lowest BCUT2D eigenvalue weighted by atomic mass is 9.97. The second kappa shape index (κ2) is 7.56. The summed E-state index contributed by atoms with van der Waals surface area (Å²) < 4.78 is 20.3. The van der Waals surface area contributed by atoms with Crippen molar-refractivity contribution in [3.05, 3.63) is 59.4 Å². The van der Waals surface area contributed by atoms with Crippen molar-refractivity contribution < 1.29 is 13.9 Å². The number of hydrogen-bond acceptors (Lipinski definition) is 4. The molecule has 0 saturated carbocycles. The smallest absolute Gasteiger partial charge is 0.261 e. The number of fused-ring (bicyclic) bond motifs is 1. The van der Waals surface area contributed by atoms with E-state index < -0.39 is 6.10 Å². The first-order chi connectivity index (χ1) is 13.1. The summed E-state index contributed by atoms with van der Waals surface area (Å²) in [7, 11) is 0. The van der Waals surface area contributed by atoms with Crippen LogP contribution in [-0.4, -0.2) is 38.2 Å². The molecule has 1 fully saturated rings. The number of carbonyl (C=O) groups excluding carboxylic acids is 1. The number of para-hydroxylation sites is 1. The number of amides is 1. The minimum absolute atomic E-state index is 0.00646. The van der Waals surface area contributed by atoms with Gasteiger partial charge in [0.05, 0.1) is 5.69 Å². The maximum atomic E-state index is 14.5. The second-order valence-electron chi connectivity index (χ2n) is 7.11. The molecule has 2 aliphatic heterocycles. The van der Waals surface area contributed by atoms with E-state index in [2.05, 4.69) is 10.6 Å². The number of carbonyl (C=O) groups is 1. The lowest BCUT2D eigenvalue weighted by Crippen LogP contribution is -2.43. The minimum Gasteiger partial charge on any atom is -0.480 e. The Morgan fingerprint density at radius 2 is 2.04 bits per heavy atom. The van der Waals surface area contributed by atoms with E-state index in [1.165, 1.54) is 6.07 Å². The third kappa shape index (κ3) is 3.62. The lowest BCUT2D eigenvalue weighted by molar-refractivity contribution is -0.128. The Labute approximate surface area is 158 Å². The Balaban J connectivity index is 1.37. The summed E-state index contributed by atoms with van der Waals surface area (Å²) in [5.41, 5.74) is 2.40. The zero-order valence-electron chi connectivity index (χ0n) is 15.4. The lowest BCUT2D eigenvalue weighted by Gasteiger charge is -2.29. The van der Waals surface area contributed by atoms with Gasteiger partial charge in [-0.1, -0.05) is 31.2 Å². The van der Waals surface area contributed by atoms with E-state index in [0.29, 0.717) is 5.69 Å². The second-order valence-corrected chi connectivity index (χ2v) is 7.11. The van der Waals surface area contributed by atoms with Crippen LogP contribution in [0.1, 0.15) is 24.0 Å². The zero-order valence-corrected chi connectivity index (χ0v) is 15.4. The van der Waals surface area contributed by atoms with Crippen LogP contribution < -0.4 is 20.3 Å². The predicted octanol–water partition coefficient (Wildman–Crippen LogP) is 2.42. The van der Waals surface area contributed by atoms with Crippen LogP contribution in [0.15, 0.2) is 42.5 Å². The molecule has 1 saturated heterocycles.